The first-order valence-corrected chi connectivity index (χ1v) is 10.7. The van der Waals surface area contributed by atoms with Gasteiger partial charge in [0.2, 0.25) is 5.91 Å². The molecule has 10 heteroatoms. The van der Waals surface area contributed by atoms with Crippen molar-refractivity contribution in [1.29, 1.82) is 0 Å². The Morgan fingerprint density at radius 1 is 1.16 bits per heavy atom. The molecule has 0 aliphatic rings. The molecule has 0 unspecified atom stereocenters. The number of non-ortho nitro benzene ring substituents is 1. The van der Waals surface area contributed by atoms with Crippen molar-refractivity contribution in [3.05, 3.63) is 69.4 Å². The molecule has 8 nitrogen and oxygen atoms in total. The van der Waals surface area contributed by atoms with Crippen LogP contribution in [0.3, 0.4) is 0 Å². The van der Waals surface area contributed by atoms with Gasteiger partial charge in [0.05, 0.1) is 16.4 Å². The van der Waals surface area contributed by atoms with Crippen LogP contribution in [0.1, 0.15) is 12.6 Å². The summed E-state index contributed by atoms with van der Waals surface area (Å²) in [5, 5.41) is 11.8. The molecule has 2 aromatic carbocycles. The lowest BCUT2D eigenvalue weighted by Gasteiger charge is -2.17. The zero-order chi connectivity index (χ0) is 22.5. The van der Waals surface area contributed by atoms with Gasteiger partial charge in [-0.3, -0.25) is 14.9 Å². The van der Waals surface area contributed by atoms with Crippen molar-refractivity contribution >= 4 is 46.5 Å². The molecule has 0 spiro atoms. The number of aromatic nitrogens is 2. The number of aryl methyl sites for hydroxylation is 1. The van der Waals surface area contributed by atoms with E-state index in [1.54, 1.807) is 19.2 Å². The van der Waals surface area contributed by atoms with Gasteiger partial charge in [-0.15, -0.1) is 0 Å². The van der Waals surface area contributed by atoms with E-state index in [0.29, 0.717) is 28.1 Å². The number of benzene rings is 2. The Hall–Kier alpha value is -3.17. The monoisotopic (exact) mass is 457 g/mol. The number of rotatable bonds is 7. The second kappa shape index (κ2) is 9.76. The van der Waals surface area contributed by atoms with Crippen LogP contribution in [0, 0.1) is 10.1 Å². The Bertz CT molecular complexity index is 1110. The summed E-state index contributed by atoms with van der Waals surface area (Å²) in [6, 6.07) is 13.1. The number of nitrogens with two attached hydrogens (primary N) is 1. The van der Waals surface area contributed by atoms with Gasteiger partial charge in [0.25, 0.3) is 5.69 Å². The van der Waals surface area contributed by atoms with E-state index in [2.05, 4.69) is 9.97 Å². The van der Waals surface area contributed by atoms with Gasteiger partial charge in [-0.25, -0.2) is 9.97 Å². The molecule has 0 radical (unpaired) electrons. The van der Waals surface area contributed by atoms with E-state index in [1.165, 1.54) is 40.9 Å². The lowest BCUT2D eigenvalue weighted by molar-refractivity contribution is -0.384. The summed E-state index contributed by atoms with van der Waals surface area (Å²) in [5.41, 5.74) is 9.17. The van der Waals surface area contributed by atoms with E-state index >= 15 is 0 Å². The van der Waals surface area contributed by atoms with E-state index < -0.39 is 4.92 Å². The molecule has 0 aliphatic heterocycles. The van der Waals surface area contributed by atoms with Crippen molar-refractivity contribution in [3.8, 4) is 11.1 Å². The molecule has 2 N–H and O–H groups in total. The molecule has 0 saturated heterocycles. The minimum absolute atomic E-state index is 0.0317. The van der Waals surface area contributed by atoms with Gasteiger partial charge in [-0.2, -0.15) is 0 Å². The maximum absolute atomic E-state index is 12.6. The largest absolute Gasteiger partial charge is 0.383 e. The molecule has 3 aromatic rings. The summed E-state index contributed by atoms with van der Waals surface area (Å²) >= 11 is 7.16. The maximum atomic E-state index is 12.6. The molecule has 160 valence electrons. The molecular weight excluding hydrogens is 438 g/mol. The molecular formula is C21H20ClN5O3S. The predicted octanol–water partition coefficient (Wildman–Crippen LogP) is 4.60. The average molecular weight is 458 g/mol. The average Bonchev–Trinajstić information content (AvgIpc) is 2.77. The van der Waals surface area contributed by atoms with Crippen LogP contribution >= 0.6 is 23.4 Å². The van der Waals surface area contributed by atoms with Crippen molar-refractivity contribution < 1.29 is 9.72 Å². The fourth-order valence-corrected chi connectivity index (χ4v) is 3.83. The summed E-state index contributed by atoms with van der Waals surface area (Å²) in [7, 11) is 1.61. The van der Waals surface area contributed by atoms with Gasteiger partial charge >= 0.3 is 0 Å². The second-order valence-electron chi connectivity index (χ2n) is 6.59. The van der Waals surface area contributed by atoms with Crippen molar-refractivity contribution in [2.75, 3.05) is 23.4 Å². The number of nitrogen functional groups attached to an aromatic ring is 1. The highest BCUT2D eigenvalue weighted by Crippen LogP contribution is 2.31. The SMILES string of the molecule is CCc1nc(SCC(=O)N(C)c2ccc([N+](=O)[O-])cc2)nc(N)c1-c1ccc(Cl)cc1. The molecule has 0 saturated carbocycles. The number of amides is 1. The Kier molecular flexibility index (Phi) is 7.09. The Morgan fingerprint density at radius 2 is 1.81 bits per heavy atom. The van der Waals surface area contributed by atoms with Crippen LogP contribution in [-0.2, 0) is 11.2 Å². The first kappa shape index (κ1) is 22.5. The van der Waals surface area contributed by atoms with E-state index in [9.17, 15) is 14.9 Å². The molecule has 1 amide bonds. The quantitative estimate of drug-likeness (QED) is 0.238. The molecule has 0 bridgehead atoms. The maximum Gasteiger partial charge on any atom is 0.269 e. The first-order valence-electron chi connectivity index (χ1n) is 9.36. The van der Waals surface area contributed by atoms with E-state index in [-0.39, 0.29) is 17.3 Å². The van der Waals surface area contributed by atoms with Gasteiger partial charge in [-0.1, -0.05) is 42.4 Å². The Balaban J connectivity index is 1.73. The van der Waals surface area contributed by atoms with Crippen LogP contribution in [0.15, 0.2) is 53.7 Å². The van der Waals surface area contributed by atoms with Gasteiger partial charge in [0, 0.05) is 35.5 Å². The third-order valence-corrected chi connectivity index (χ3v) is 5.69. The van der Waals surface area contributed by atoms with Crippen molar-refractivity contribution in [1.82, 2.24) is 9.97 Å². The van der Waals surface area contributed by atoms with Crippen LogP contribution in [0.25, 0.3) is 11.1 Å². The summed E-state index contributed by atoms with van der Waals surface area (Å²) in [6.45, 7) is 1.98. The fraction of sp³-hybridized carbons (Fsp3) is 0.190. The minimum Gasteiger partial charge on any atom is -0.383 e. The molecule has 0 fully saturated rings. The third-order valence-electron chi connectivity index (χ3n) is 4.61. The number of carbonyl (C=O) groups is 1. The number of nitrogens with zero attached hydrogens (tertiary/aromatic N) is 4. The van der Waals surface area contributed by atoms with Crippen molar-refractivity contribution in [2.45, 2.75) is 18.5 Å². The van der Waals surface area contributed by atoms with Crippen LogP contribution in [0.2, 0.25) is 5.02 Å². The summed E-state index contributed by atoms with van der Waals surface area (Å²) < 4.78 is 0. The van der Waals surface area contributed by atoms with Crippen LogP contribution in [-0.4, -0.2) is 33.6 Å². The minimum atomic E-state index is -0.484. The molecule has 3 rings (SSSR count). The van der Waals surface area contributed by atoms with Gasteiger partial charge in [0.1, 0.15) is 5.82 Å². The third kappa shape index (κ3) is 5.31. The molecule has 1 heterocycles. The van der Waals surface area contributed by atoms with Gasteiger partial charge in [-0.05, 0) is 36.2 Å². The van der Waals surface area contributed by atoms with Gasteiger partial charge in [0.15, 0.2) is 5.16 Å². The molecule has 0 atom stereocenters. The standard InChI is InChI=1S/C21H20ClN5O3S/c1-3-17-19(13-4-6-14(22)7-5-13)20(23)25-21(24-17)31-12-18(28)26(2)15-8-10-16(11-9-15)27(29)30/h4-11H,3,12H2,1-2H3,(H2,23,24,25). The number of nitro groups is 1. The number of anilines is 2. The van der Waals surface area contributed by atoms with Crippen molar-refractivity contribution in [2.24, 2.45) is 0 Å². The summed E-state index contributed by atoms with van der Waals surface area (Å²) in [6.07, 6.45) is 0.648. The first-order chi connectivity index (χ1) is 14.8. The number of halogens is 1. The smallest absolute Gasteiger partial charge is 0.269 e. The highest BCUT2D eigenvalue weighted by atomic mass is 35.5. The second-order valence-corrected chi connectivity index (χ2v) is 7.97. The van der Waals surface area contributed by atoms with Crippen LogP contribution in [0.5, 0.6) is 0 Å². The topological polar surface area (TPSA) is 115 Å². The zero-order valence-electron chi connectivity index (χ0n) is 16.9. The highest BCUT2D eigenvalue weighted by molar-refractivity contribution is 7.99. The van der Waals surface area contributed by atoms with Crippen LogP contribution < -0.4 is 10.6 Å². The molecule has 0 aliphatic carbocycles. The summed E-state index contributed by atoms with van der Waals surface area (Å²) in [4.78, 5) is 33.2. The number of thioether (sulfide) groups is 1. The van der Waals surface area contributed by atoms with E-state index in [0.717, 1.165) is 16.8 Å². The zero-order valence-corrected chi connectivity index (χ0v) is 18.5. The highest BCUT2D eigenvalue weighted by Gasteiger charge is 2.17. The number of hydrogen-bond donors (Lipinski definition) is 1. The Labute approximate surface area is 188 Å². The van der Waals surface area contributed by atoms with E-state index in [4.69, 9.17) is 17.3 Å². The van der Waals surface area contributed by atoms with Crippen molar-refractivity contribution in [3.63, 3.8) is 0 Å². The number of nitro benzene ring substituents is 1. The molecule has 31 heavy (non-hydrogen) atoms. The van der Waals surface area contributed by atoms with E-state index in [1.807, 2.05) is 19.1 Å². The number of carbonyl (C=O) groups excluding carboxylic acids is 1. The number of hydrogen-bond acceptors (Lipinski definition) is 7. The van der Waals surface area contributed by atoms with Gasteiger partial charge < -0.3 is 10.6 Å². The lowest BCUT2D eigenvalue weighted by atomic mass is 10.0. The Morgan fingerprint density at radius 3 is 2.39 bits per heavy atom. The molecule has 1 aromatic heterocycles. The summed E-state index contributed by atoms with van der Waals surface area (Å²) in [5.74, 6) is 0.241. The normalized spacial score (nSPS) is 10.7. The fourth-order valence-electron chi connectivity index (χ4n) is 2.92. The predicted molar refractivity (Wildman–Crippen MR) is 123 cm³/mol. The van der Waals surface area contributed by atoms with Crippen LogP contribution in [0.4, 0.5) is 17.2 Å². The lowest BCUT2D eigenvalue weighted by Crippen LogP contribution is -2.28.